The summed E-state index contributed by atoms with van der Waals surface area (Å²) in [6.45, 7) is 1.60. The molecule has 5 nitrogen and oxygen atoms in total. The lowest BCUT2D eigenvalue weighted by Gasteiger charge is -2.26. The molecule has 17 heavy (non-hydrogen) atoms. The molecule has 0 aliphatic heterocycles. The number of thiophene rings is 1. The molecule has 1 aliphatic carbocycles. The first-order valence-electron chi connectivity index (χ1n) is 5.31. The lowest BCUT2D eigenvalue weighted by Crippen LogP contribution is -2.39. The predicted molar refractivity (Wildman–Crippen MR) is 65.5 cm³/mol. The second-order valence-corrected chi connectivity index (χ2v) is 6.84. The summed E-state index contributed by atoms with van der Waals surface area (Å²) in [6.07, 6.45) is 3.13. The van der Waals surface area contributed by atoms with E-state index in [1.54, 1.807) is 12.3 Å². The van der Waals surface area contributed by atoms with Crippen LogP contribution in [0.1, 0.15) is 35.2 Å². The van der Waals surface area contributed by atoms with Crippen molar-refractivity contribution in [3.8, 4) is 0 Å². The maximum atomic E-state index is 11.9. The number of hydrogen-bond acceptors (Lipinski definition) is 4. The van der Waals surface area contributed by atoms with E-state index in [0.29, 0.717) is 11.1 Å². The first kappa shape index (κ1) is 12.5. The van der Waals surface area contributed by atoms with Crippen molar-refractivity contribution in [2.24, 2.45) is 5.14 Å². The molecule has 2 rings (SSSR count). The standard InChI is InChI=1S/C10H14N2O3S2/c1-6-8(5-16-10(6)17(11,14)15)9(13)12-7-3-2-4-7/h5,7H,2-4H2,1H3,(H,12,13)(H2,11,14,15). The molecule has 0 spiro atoms. The van der Waals surface area contributed by atoms with Crippen LogP contribution in [0.5, 0.6) is 0 Å². The van der Waals surface area contributed by atoms with E-state index in [9.17, 15) is 13.2 Å². The summed E-state index contributed by atoms with van der Waals surface area (Å²) >= 11 is 0.990. The Kier molecular flexibility index (Phi) is 3.24. The van der Waals surface area contributed by atoms with Gasteiger partial charge in [-0.2, -0.15) is 0 Å². The van der Waals surface area contributed by atoms with E-state index >= 15 is 0 Å². The maximum Gasteiger partial charge on any atom is 0.252 e. The average Bonchev–Trinajstić information content (AvgIpc) is 2.52. The first-order chi connectivity index (χ1) is 7.89. The molecule has 3 N–H and O–H groups in total. The van der Waals surface area contributed by atoms with Gasteiger partial charge in [0.1, 0.15) is 4.21 Å². The Balaban J connectivity index is 2.21. The lowest BCUT2D eigenvalue weighted by atomic mass is 9.93. The third kappa shape index (κ3) is 2.51. The molecule has 0 radical (unpaired) electrons. The minimum Gasteiger partial charge on any atom is -0.349 e. The molecule has 1 aromatic rings. The first-order valence-corrected chi connectivity index (χ1v) is 7.74. The van der Waals surface area contributed by atoms with Crippen LogP contribution in [0, 0.1) is 6.92 Å². The van der Waals surface area contributed by atoms with Crippen LogP contribution < -0.4 is 10.5 Å². The second kappa shape index (κ2) is 4.40. The van der Waals surface area contributed by atoms with E-state index in [1.165, 1.54) is 0 Å². The molecule has 1 heterocycles. The number of amides is 1. The third-order valence-corrected chi connectivity index (χ3v) is 5.62. The molecule has 0 aromatic carbocycles. The molecular formula is C10H14N2O3S2. The van der Waals surface area contributed by atoms with Crippen molar-refractivity contribution in [2.45, 2.75) is 36.4 Å². The summed E-state index contributed by atoms with van der Waals surface area (Å²) in [4.78, 5) is 11.9. The molecule has 0 atom stereocenters. The number of hydrogen-bond donors (Lipinski definition) is 2. The Morgan fingerprint density at radius 1 is 1.53 bits per heavy atom. The molecule has 1 aliphatic rings. The van der Waals surface area contributed by atoms with Crippen molar-refractivity contribution in [1.29, 1.82) is 0 Å². The number of primary sulfonamides is 1. The molecule has 1 fully saturated rings. The van der Waals surface area contributed by atoms with Gasteiger partial charge >= 0.3 is 0 Å². The van der Waals surface area contributed by atoms with Gasteiger partial charge in [-0.25, -0.2) is 13.6 Å². The number of carbonyl (C=O) groups excluding carboxylic acids is 1. The van der Waals surface area contributed by atoms with Gasteiger partial charge in [-0.05, 0) is 31.7 Å². The number of nitrogens with two attached hydrogens (primary N) is 1. The van der Waals surface area contributed by atoms with Crippen LogP contribution in [0.2, 0.25) is 0 Å². The number of carbonyl (C=O) groups is 1. The highest BCUT2D eigenvalue weighted by Gasteiger charge is 2.24. The van der Waals surface area contributed by atoms with Gasteiger partial charge in [0.25, 0.3) is 5.91 Å². The van der Waals surface area contributed by atoms with E-state index < -0.39 is 10.0 Å². The fraction of sp³-hybridized carbons (Fsp3) is 0.500. The summed E-state index contributed by atoms with van der Waals surface area (Å²) in [6, 6.07) is 0.236. The molecule has 0 bridgehead atoms. The van der Waals surface area contributed by atoms with Crippen molar-refractivity contribution in [3.05, 3.63) is 16.5 Å². The smallest absolute Gasteiger partial charge is 0.252 e. The number of sulfonamides is 1. The zero-order valence-corrected chi connectivity index (χ0v) is 11.0. The van der Waals surface area contributed by atoms with Crippen LogP contribution in [0.4, 0.5) is 0 Å². The van der Waals surface area contributed by atoms with E-state index in [-0.39, 0.29) is 16.2 Å². The second-order valence-electron chi connectivity index (χ2n) is 4.21. The van der Waals surface area contributed by atoms with E-state index in [4.69, 9.17) is 5.14 Å². The Morgan fingerprint density at radius 3 is 2.59 bits per heavy atom. The fourth-order valence-electron chi connectivity index (χ4n) is 1.72. The van der Waals surface area contributed by atoms with Crippen LogP contribution in [-0.2, 0) is 10.0 Å². The highest BCUT2D eigenvalue weighted by atomic mass is 32.2. The van der Waals surface area contributed by atoms with Crippen LogP contribution in [0.25, 0.3) is 0 Å². The van der Waals surface area contributed by atoms with Gasteiger partial charge in [0.2, 0.25) is 10.0 Å². The SMILES string of the molecule is Cc1c(C(=O)NC2CCC2)csc1S(N)(=O)=O. The Labute approximate surface area is 104 Å². The van der Waals surface area contributed by atoms with Crippen molar-refractivity contribution in [3.63, 3.8) is 0 Å². The lowest BCUT2D eigenvalue weighted by molar-refractivity contribution is 0.0916. The Bertz CT molecular complexity index is 544. The molecule has 0 saturated heterocycles. The topological polar surface area (TPSA) is 89.3 Å². The normalized spacial score (nSPS) is 16.6. The maximum absolute atomic E-state index is 11.9. The van der Waals surface area contributed by atoms with Crippen LogP contribution in [0.15, 0.2) is 9.59 Å². The van der Waals surface area contributed by atoms with Gasteiger partial charge in [-0.15, -0.1) is 11.3 Å². The van der Waals surface area contributed by atoms with Crippen molar-refractivity contribution < 1.29 is 13.2 Å². The van der Waals surface area contributed by atoms with E-state index in [0.717, 1.165) is 30.6 Å². The van der Waals surface area contributed by atoms with Crippen molar-refractivity contribution >= 4 is 27.3 Å². The van der Waals surface area contributed by atoms with Crippen LogP contribution >= 0.6 is 11.3 Å². The molecule has 94 valence electrons. The minimum atomic E-state index is -3.73. The molecule has 1 amide bonds. The summed E-state index contributed by atoms with van der Waals surface area (Å²) in [5.41, 5.74) is 0.847. The highest BCUT2D eigenvalue weighted by Crippen LogP contribution is 2.26. The van der Waals surface area contributed by atoms with Crippen molar-refractivity contribution in [2.75, 3.05) is 0 Å². The summed E-state index contributed by atoms with van der Waals surface area (Å²) in [5.74, 6) is -0.210. The minimum absolute atomic E-state index is 0.0660. The average molecular weight is 274 g/mol. The summed E-state index contributed by atoms with van der Waals surface area (Å²) in [5, 5.41) is 9.48. The van der Waals surface area contributed by atoms with Crippen LogP contribution in [0.3, 0.4) is 0 Å². The predicted octanol–water partition coefficient (Wildman–Crippen LogP) is 0.986. The van der Waals surface area contributed by atoms with Crippen molar-refractivity contribution in [1.82, 2.24) is 5.32 Å². The molecule has 0 unspecified atom stereocenters. The van der Waals surface area contributed by atoms with Gasteiger partial charge in [-0.1, -0.05) is 0 Å². The highest BCUT2D eigenvalue weighted by molar-refractivity contribution is 7.91. The van der Waals surface area contributed by atoms with Crippen LogP contribution in [-0.4, -0.2) is 20.4 Å². The zero-order chi connectivity index (χ0) is 12.6. The molecular weight excluding hydrogens is 260 g/mol. The monoisotopic (exact) mass is 274 g/mol. The van der Waals surface area contributed by atoms with Gasteiger partial charge in [0.15, 0.2) is 0 Å². The van der Waals surface area contributed by atoms with Gasteiger partial charge in [-0.3, -0.25) is 4.79 Å². The summed E-state index contributed by atoms with van der Waals surface area (Å²) in [7, 11) is -3.73. The molecule has 7 heteroatoms. The Morgan fingerprint density at radius 2 is 2.18 bits per heavy atom. The van der Waals surface area contributed by atoms with Gasteiger partial charge in [0.05, 0.1) is 5.56 Å². The van der Waals surface area contributed by atoms with E-state index in [2.05, 4.69) is 5.32 Å². The quantitative estimate of drug-likeness (QED) is 0.861. The third-order valence-electron chi connectivity index (χ3n) is 2.94. The largest absolute Gasteiger partial charge is 0.349 e. The summed E-state index contributed by atoms with van der Waals surface area (Å²) < 4.78 is 22.5. The fourth-order valence-corrected chi connectivity index (χ4v) is 3.73. The molecule has 1 saturated carbocycles. The zero-order valence-electron chi connectivity index (χ0n) is 9.39. The van der Waals surface area contributed by atoms with E-state index in [1.807, 2.05) is 0 Å². The van der Waals surface area contributed by atoms with Gasteiger partial charge < -0.3 is 5.32 Å². The number of nitrogens with one attached hydrogen (secondary N) is 1. The van der Waals surface area contributed by atoms with Gasteiger partial charge in [0, 0.05) is 11.4 Å². The Hall–Kier alpha value is -0.920. The number of rotatable bonds is 3. The molecule has 1 aromatic heterocycles.